The van der Waals surface area contributed by atoms with Crippen LogP contribution in [0.15, 0.2) is 11.6 Å². The predicted molar refractivity (Wildman–Crippen MR) is 41.9 cm³/mol. The van der Waals surface area contributed by atoms with E-state index in [0.29, 0.717) is 6.04 Å². The molecule has 0 aromatic rings. The second-order valence-electron chi connectivity index (χ2n) is 2.88. The van der Waals surface area contributed by atoms with E-state index in [0.717, 1.165) is 19.4 Å². The Kier molecular flexibility index (Phi) is 2.90. The van der Waals surface area contributed by atoms with Crippen LogP contribution in [0.1, 0.15) is 19.8 Å². The largest absolute Gasteiger partial charge is 0.395 e. The minimum absolute atomic E-state index is 0.265. The molecule has 0 fully saturated rings. The van der Waals surface area contributed by atoms with Gasteiger partial charge in [0.05, 0.1) is 6.61 Å². The summed E-state index contributed by atoms with van der Waals surface area (Å²) in [5.74, 6) is 0. The van der Waals surface area contributed by atoms with Crippen LogP contribution in [0.5, 0.6) is 0 Å². The maximum absolute atomic E-state index is 8.82. The first-order chi connectivity index (χ1) is 4.83. The molecule has 1 rings (SSSR count). The molecule has 58 valence electrons. The standard InChI is InChI=1S/C8H15NO/c1-7-2-3-8(6-10)9-5-4-7/h4,8-10H,2-3,5-6H2,1H3/t8-/m0/s1. The van der Waals surface area contributed by atoms with E-state index >= 15 is 0 Å². The molecule has 0 aromatic heterocycles. The predicted octanol–water partition coefficient (Wildman–Crippen LogP) is 0.677. The first-order valence-electron chi connectivity index (χ1n) is 3.83. The SMILES string of the molecule is CC1=CCN[C@H](CO)CC1. The van der Waals surface area contributed by atoms with Crippen LogP contribution in [0.3, 0.4) is 0 Å². The summed E-state index contributed by atoms with van der Waals surface area (Å²) in [6.45, 7) is 3.32. The van der Waals surface area contributed by atoms with Crippen LogP contribution in [-0.2, 0) is 0 Å². The Labute approximate surface area is 61.9 Å². The summed E-state index contributed by atoms with van der Waals surface area (Å²) in [4.78, 5) is 0. The lowest BCUT2D eigenvalue weighted by molar-refractivity contribution is 0.241. The molecule has 0 saturated heterocycles. The molecule has 2 heteroatoms. The highest BCUT2D eigenvalue weighted by molar-refractivity contribution is 5.02. The number of rotatable bonds is 1. The van der Waals surface area contributed by atoms with Gasteiger partial charge >= 0.3 is 0 Å². The Morgan fingerprint density at radius 3 is 3.30 bits per heavy atom. The summed E-state index contributed by atoms with van der Waals surface area (Å²) in [5, 5.41) is 12.1. The van der Waals surface area contributed by atoms with Gasteiger partial charge in [-0.2, -0.15) is 0 Å². The molecule has 0 spiro atoms. The summed E-state index contributed by atoms with van der Waals surface area (Å²) < 4.78 is 0. The number of hydrogen-bond donors (Lipinski definition) is 2. The molecule has 0 saturated carbocycles. The average molecular weight is 141 g/mol. The number of hydrogen-bond acceptors (Lipinski definition) is 2. The van der Waals surface area contributed by atoms with Gasteiger partial charge in [-0.15, -0.1) is 0 Å². The molecule has 0 aromatic carbocycles. The third kappa shape index (κ3) is 2.12. The van der Waals surface area contributed by atoms with E-state index in [9.17, 15) is 0 Å². The highest BCUT2D eigenvalue weighted by Gasteiger charge is 2.08. The monoisotopic (exact) mass is 141 g/mol. The number of aliphatic hydroxyl groups is 1. The number of aliphatic hydroxyl groups excluding tert-OH is 1. The second-order valence-corrected chi connectivity index (χ2v) is 2.88. The van der Waals surface area contributed by atoms with Gasteiger partial charge in [0.25, 0.3) is 0 Å². The molecule has 0 unspecified atom stereocenters. The van der Waals surface area contributed by atoms with Crippen molar-refractivity contribution in [2.75, 3.05) is 13.2 Å². The van der Waals surface area contributed by atoms with Crippen LogP contribution >= 0.6 is 0 Å². The van der Waals surface area contributed by atoms with Gasteiger partial charge in [0.1, 0.15) is 0 Å². The maximum atomic E-state index is 8.82. The summed E-state index contributed by atoms with van der Waals surface area (Å²) >= 11 is 0. The van der Waals surface area contributed by atoms with Gasteiger partial charge in [0, 0.05) is 12.6 Å². The van der Waals surface area contributed by atoms with Gasteiger partial charge in [-0.3, -0.25) is 0 Å². The lowest BCUT2D eigenvalue weighted by atomic mass is 10.1. The van der Waals surface area contributed by atoms with Crippen molar-refractivity contribution in [1.29, 1.82) is 0 Å². The van der Waals surface area contributed by atoms with Crippen LogP contribution in [0.2, 0.25) is 0 Å². The fraction of sp³-hybridized carbons (Fsp3) is 0.750. The Morgan fingerprint density at radius 1 is 1.80 bits per heavy atom. The highest BCUT2D eigenvalue weighted by atomic mass is 16.3. The molecular weight excluding hydrogens is 126 g/mol. The molecule has 1 aliphatic heterocycles. The quantitative estimate of drug-likeness (QED) is 0.526. The zero-order valence-corrected chi connectivity index (χ0v) is 6.43. The van der Waals surface area contributed by atoms with Gasteiger partial charge in [0.2, 0.25) is 0 Å². The average Bonchev–Trinajstić information content (AvgIpc) is 2.14. The van der Waals surface area contributed by atoms with Crippen LogP contribution in [-0.4, -0.2) is 24.3 Å². The first kappa shape index (κ1) is 7.76. The smallest absolute Gasteiger partial charge is 0.0584 e. The molecule has 0 bridgehead atoms. The Balaban J connectivity index is 2.36. The van der Waals surface area contributed by atoms with Crippen LogP contribution < -0.4 is 5.32 Å². The summed E-state index contributed by atoms with van der Waals surface area (Å²) in [5.41, 5.74) is 1.43. The van der Waals surface area contributed by atoms with Gasteiger partial charge in [-0.1, -0.05) is 11.6 Å². The van der Waals surface area contributed by atoms with Crippen molar-refractivity contribution in [3.63, 3.8) is 0 Å². The van der Waals surface area contributed by atoms with Crippen molar-refractivity contribution < 1.29 is 5.11 Å². The van der Waals surface area contributed by atoms with Crippen molar-refractivity contribution in [3.8, 4) is 0 Å². The maximum Gasteiger partial charge on any atom is 0.0584 e. The summed E-state index contributed by atoms with van der Waals surface area (Å²) in [6.07, 6.45) is 4.38. The molecule has 2 N–H and O–H groups in total. The molecule has 0 aliphatic carbocycles. The Hall–Kier alpha value is -0.340. The first-order valence-corrected chi connectivity index (χ1v) is 3.83. The van der Waals surface area contributed by atoms with Gasteiger partial charge in [-0.05, 0) is 19.8 Å². The van der Waals surface area contributed by atoms with E-state index in [2.05, 4.69) is 18.3 Å². The molecule has 0 amide bonds. The van der Waals surface area contributed by atoms with Crippen LogP contribution in [0, 0.1) is 0 Å². The van der Waals surface area contributed by atoms with Crippen molar-refractivity contribution in [2.45, 2.75) is 25.8 Å². The highest BCUT2D eigenvalue weighted by Crippen LogP contribution is 2.09. The van der Waals surface area contributed by atoms with Crippen molar-refractivity contribution >= 4 is 0 Å². The fourth-order valence-electron chi connectivity index (χ4n) is 1.16. The van der Waals surface area contributed by atoms with E-state index in [1.165, 1.54) is 5.57 Å². The zero-order chi connectivity index (χ0) is 7.40. The Morgan fingerprint density at radius 2 is 2.60 bits per heavy atom. The minimum atomic E-state index is 0.265. The van der Waals surface area contributed by atoms with Gasteiger partial charge in [-0.25, -0.2) is 0 Å². The topological polar surface area (TPSA) is 32.3 Å². The molecule has 1 heterocycles. The van der Waals surface area contributed by atoms with Crippen molar-refractivity contribution in [3.05, 3.63) is 11.6 Å². The molecule has 0 radical (unpaired) electrons. The van der Waals surface area contributed by atoms with E-state index in [4.69, 9.17) is 5.11 Å². The molecule has 1 aliphatic rings. The van der Waals surface area contributed by atoms with E-state index in [1.54, 1.807) is 0 Å². The minimum Gasteiger partial charge on any atom is -0.395 e. The Bertz CT molecular complexity index is 131. The molecule has 1 atom stereocenters. The van der Waals surface area contributed by atoms with E-state index < -0.39 is 0 Å². The summed E-state index contributed by atoms with van der Waals surface area (Å²) in [7, 11) is 0. The third-order valence-electron chi connectivity index (χ3n) is 1.96. The van der Waals surface area contributed by atoms with E-state index in [1.807, 2.05) is 0 Å². The van der Waals surface area contributed by atoms with Crippen molar-refractivity contribution in [2.24, 2.45) is 0 Å². The number of allylic oxidation sites excluding steroid dienone is 1. The lowest BCUT2D eigenvalue weighted by Gasteiger charge is -2.10. The van der Waals surface area contributed by atoms with Gasteiger partial charge in [0.15, 0.2) is 0 Å². The zero-order valence-electron chi connectivity index (χ0n) is 6.43. The van der Waals surface area contributed by atoms with Crippen LogP contribution in [0.4, 0.5) is 0 Å². The fourth-order valence-corrected chi connectivity index (χ4v) is 1.16. The second kappa shape index (κ2) is 3.74. The third-order valence-corrected chi connectivity index (χ3v) is 1.96. The van der Waals surface area contributed by atoms with E-state index in [-0.39, 0.29) is 6.61 Å². The van der Waals surface area contributed by atoms with Crippen molar-refractivity contribution in [1.82, 2.24) is 5.32 Å². The lowest BCUT2D eigenvalue weighted by Crippen LogP contribution is -2.31. The van der Waals surface area contributed by atoms with Crippen LogP contribution in [0.25, 0.3) is 0 Å². The molecule has 10 heavy (non-hydrogen) atoms. The van der Waals surface area contributed by atoms with Gasteiger partial charge < -0.3 is 10.4 Å². The summed E-state index contributed by atoms with van der Waals surface area (Å²) in [6, 6.07) is 0.314. The number of nitrogens with one attached hydrogen (secondary N) is 1. The molecular formula is C8H15NO. The normalized spacial score (nSPS) is 27.4. The molecule has 2 nitrogen and oxygen atoms in total.